The number of hydrogen-bond acceptors (Lipinski definition) is 5. The largest absolute Gasteiger partial charge is 0.298 e. The molecule has 0 atom stereocenters. The molecule has 0 unspecified atom stereocenters. The highest BCUT2D eigenvalue weighted by Gasteiger charge is 2.15. The molecule has 1 aromatic heterocycles. The van der Waals surface area contributed by atoms with Gasteiger partial charge in [-0.3, -0.25) is 14.8 Å². The third-order valence-electron chi connectivity index (χ3n) is 4.00. The molecule has 0 spiro atoms. The summed E-state index contributed by atoms with van der Waals surface area (Å²) >= 11 is 7.29. The first-order chi connectivity index (χ1) is 13.9. The molecule has 4 rings (SSSR count). The van der Waals surface area contributed by atoms with Crippen LogP contribution in [0.4, 0.5) is 10.8 Å². The summed E-state index contributed by atoms with van der Waals surface area (Å²) < 4.78 is 28.3. The summed E-state index contributed by atoms with van der Waals surface area (Å²) in [6.45, 7) is 0. The Kier molecular flexibility index (Phi) is 5.23. The van der Waals surface area contributed by atoms with Crippen LogP contribution in [0.25, 0.3) is 10.2 Å². The lowest BCUT2D eigenvalue weighted by atomic mass is 10.2. The minimum atomic E-state index is -3.74. The summed E-state index contributed by atoms with van der Waals surface area (Å²) in [5.74, 6) is -0.393. The van der Waals surface area contributed by atoms with E-state index in [-0.39, 0.29) is 10.6 Å². The zero-order chi connectivity index (χ0) is 20.4. The Hall–Kier alpha value is -2.94. The van der Waals surface area contributed by atoms with Crippen molar-refractivity contribution >= 4 is 59.9 Å². The third kappa shape index (κ3) is 4.40. The smallest absolute Gasteiger partial charge is 0.261 e. The number of amides is 1. The fourth-order valence-electron chi connectivity index (χ4n) is 2.66. The van der Waals surface area contributed by atoms with E-state index in [2.05, 4.69) is 15.0 Å². The summed E-state index contributed by atoms with van der Waals surface area (Å²) in [5.41, 5.74) is 1.33. The number of hydrogen-bond donors (Lipinski definition) is 2. The Morgan fingerprint density at radius 1 is 0.966 bits per heavy atom. The second kappa shape index (κ2) is 7.82. The second-order valence-electron chi connectivity index (χ2n) is 6.08. The number of benzene rings is 3. The van der Waals surface area contributed by atoms with E-state index in [4.69, 9.17) is 11.6 Å². The quantitative estimate of drug-likeness (QED) is 0.454. The van der Waals surface area contributed by atoms with Crippen LogP contribution in [-0.4, -0.2) is 19.3 Å². The molecule has 0 saturated carbocycles. The van der Waals surface area contributed by atoms with Gasteiger partial charge in [0.15, 0.2) is 5.13 Å². The fourth-order valence-corrected chi connectivity index (χ4v) is 4.87. The average Bonchev–Trinajstić information content (AvgIpc) is 3.10. The van der Waals surface area contributed by atoms with E-state index in [1.54, 1.807) is 54.6 Å². The van der Waals surface area contributed by atoms with Gasteiger partial charge in [0, 0.05) is 16.3 Å². The molecule has 1 heterocycles. The molecule has 0 fully saturated rings. The van der Waals surface area contributed by atoms with Gasteiger partial charge in [-0.25, -0.2) is 13.4 Å². The Balaban J connectivity index is 1.54. The monoisotopic (exact) mass is 443 g/mol. The van der Waals surface area contributed by atoms with Crippen molar-refractivity contribution in [2.75, 3.05) is 10.0 Å². The minimum absolute atomic E-state index is 0.142. The summed E-state index contributed by atoms with van der Waals surface area (Å²) in [4.78, 5) is 17.1. The zero-order valence-electron chi connectivity index (χ0n) is 14.8. The van der Waals surface area contributed by atoms with Crippen LogP contribution in [0.15, 0.2) is 77.7 Å². The molecule has 29 heavy (non-hydrogen) atoms. The number of nitrogens with zero attached hydrogens (tertiary/aromatic N) is 1. The lowest BCUT2D eigenvalue weighted by molar-refractivity contribution is 0.102. The van der Waals surface area contributed by atoms with Gasteiger partial charge in [0.05, 0.1) is 15.1 Å². The molecule has 0 saturated heterocycles. The maximum Gasteiger partial charge on any atom is 0.261 e. The third-order valence-corrected chi connectivity index (χ3v) is 6.57. The number of aromatic nitrogens is 1. The molecule has 4 aromatic rings. The van der Waals surface area contributed by atoms with Crippen LogP contribution >= 0.6 is 22.9 Å². The molecule has 0 aliphatic heterocycles. The number of carbonyl (C=O) groups is 1. The average molecular weight is 444 g/mol. The van der Waals surface area contributed by atoms with Crippen LogP contribution in [0.5, 0.6) is 0 Å². The first-order valence-electron chi connectivity index (χ1n) is 8.46. The van der Waals surface area contributed by atoms with Gasteiger partial charge in [0.25, 0.3) is 15.9 Å². The lowest BCUT2D eigenvalue weighted by Gasteiger charge is -2.09. The Morgan fingerprint density at radius 3 is 2.55 bits per heavy atom. The van der Waals surface area contributed by atoms with Crippen molar-refractivity contribution in [3.63, 3.8) is 0 Å². The molecular formula is C20H14ClN3O3S2. The van der Waals surface area contributed by atoms with E-state index in [1.807, 2.05) is 0 Å². The summed E-state index contributed by atoms with van der Waals surface area (Å²) in [5, 5.41) is 3.76. The lowest BCUT2D eigenvalue weighted by Crippen LogP contribution is -2.15. The van der Waals surface area contributed by atoms with E-state index < -0.39 is 15.9 Å². The Morgan fingerprint density at radius 2 is 1.76 bits per heavy atom. The van der Waals surface area contributed by atoms with Crippen LogP contribution in [0.2, 0.25) is 5.02 Å². The highest BCUT2D eigenvalue weighted by atomic mass is 35.5. The maximum absolute atomic E-state index is 12.6. The van der Waals surface area contributed by atoms with Crippen molar-refractivity contribution in [3.8, 4) is 0 Å². The molecule has 0 aliphatic rings. The Labute approximate surface area is 176 Å². The standard InChI is InChI=1S/C20H14ClN3O3S2/c21-14-9-10-17-18(12-14)28-20(22-17)23-19(25)13-5-4-6-15(11-13)24-29(26,27)16-7-2-1-3-8-16/h1-12,24H,(H,22,23,25). The van der Waals surface area contributed by atoms with Crippen LogP contribution in [0.1, 0.15) is 10.4 Å². The van der Waals surface area contributed by atoms with Gasteiger partial charge in [0.2, 0.25) is 0 Å². The fraction of sp³-hybridized carbons (Fsp3) is 0. The topological polar surface area (TPSA) is 88.2 Å². The molecule has 3 aromatic carbocycles. The molecular weight excluding hydrogens is 430 g/mol. The molecule has 0 aliphatic carbocycles. The highest BCUT2D eigenvalue weighted by molar-refractivity contribution is 7.92. The summed E-state index contributed by atoms with van der Waals surface area (Å²) in [6, 6.07) is 19.6. The number of fused-ring (bicyclic) bond motifs is 1. The van der Waals surface area contributed by atoms with Gasteiger partial charge in [-0.05, 0) is 48.5 Å². The number of sulfonamides is 1. The molecule has 2 N–H and O–H groups in total. The summed E-state index contributed by atoms with van der Waals surface area (Å²) in [6.07, 6.45) is 0. The van der Waals surface area contributed by atoms with Crippen molar-refractivity contribution in [3.05, 3.63) is 83.4 Å². The van der Waals surface area contributed by atoms with Crippen LogP contribution in [0, 0.1) is 0 Å². The van der Waals surface area contributed by atoms with Crippen molar-refractivity contribution in [2.45, 2.75) is 4.90 Å². The SMILES string of the molecule is O=C(Nc1nc2ccc(Cl)cc2s1)c1cccc(NS(=O)(=O)c2ccccc2)c1. The first-order valence-corrected chi connectivity index (χ1v) is 11.1. The van der Waals surface area contributed by atoms with Crippen molar-refractivity contribution in [2.24, 2.45) is 0 Å². The van der Waals surface area contributed by atoms with Gasteiger partial charge in [-0.2, -0.15) is 0 Å². The number of rotatable bonds is 5. The van der Waals surface area contributed by atoms with Crippen LogP contribution in [-0.2, 0) is 10.0 Å². The number of carbonyl (C=O) groups excluding carboxylic acids is 1. The van der Waals surface area contributed by atoms with Gasteiger partial charge in [0.1, 0.15) is 0 Å². The molecule has 1 amide bonds. The van der Waals surface area contributed by atoms with Crippen LogP contribution < -0.4 is 10.0 Å². The van der Waals surface area contributed by atoms with Gasteiger partial charge in [-0.15, -0.1) is 0 Å². The van der Waals surface area contributed by atoms with Crippen molar-refractivity contribution < 1.29 is 13.2 Å². The normalized spacial score (nSPS) is 11.3. The van der Waals surface area contributed by atoms with E-state index in [0.29, 0.717) is 15.7 Å². The van der Waals surface area contributed by atoms with Gasteiger partial charge in [-0.1, -0.05) is 47.2 Å². The van der Waals surface area contributed by atoms with Crippen molar-refractivity contribution in [1.29, 1.82) is 0 Å². The highest BCUT2D eigenvalue weighted by Crippen LogP contribution is 2.28. The van der Waals surface area contributed by atoms with E-state index >= 15 is 0 Å². The number of anilines is 2. The predicted molar refractivity (Wildman–Crippen MR) is 116 cm³/mol. The summed E-state index contributed by atoms with van der Waals surface area (Å²) in [7, 11) is -3.74. The van der Waals surface area contributed by atoms with Crippen LogP contribution in [0.3, 0.4) is 0 Å². The van der Waals surface area contributed by atoms with Crippen molar-refractivity contribution in [1.82, 2.24) is 4.98 Å². The molecule has 146 valence electrons. The zero-order valence-corrected chi connectivity index (χ0v) is 17.2. The Bertz CT molecular complexity index is 1310. The second-order valence-corrected chi connectivity index (χ2v) is 9.23. The molecule has 6 nitrogen and oxygen atoms in total. The maximum atomic E-state index is 12.6. The predicted octanol–water partition coefficient (Wildman–Crippen LogP) is 5.00. The first kappa shape index (κ1) is 19.4. The van der Waals surface area contributed by atoms with Gasteiger partial charge >= 0.3 is 0 Å². The molecule has 0 radical (unpaired) electrons. The van der Waals surface area contributed by atoms with E-state index in [0.717, 1.165) is 10.2 Å². The van der Waals surface area contributed by atoms with E-state index in [9.17, 15) is 13.2 Å². The molecule has 0 bridgehead atoms. The minimum Gasteiger partial charge on any atom is -0.298 e. The number of thiazole rings is 1. The van der Waals surface area contributed by atoms with Gasteiger partial charge < -0.3 is 0 Å². The van der Waals surface area contributed by atoms with E-state index in [1.165, 1.54) is 29.5 Å². The number of halogens is 1. The molecule has 9 heteroatoms. The number of nitrogens with one attached hydrogen (secondary N) is 2.